The average Bonchev–Trinajstić information content (AvgIpc) is 3.20. The van der Waals surface area contributed by atoms with E-state index in [0.717, 1.165) is 54.3 Å². The van der Waals surface area contributed by atoms with Crippen LogP contribution in [0.15, 0.2) is 18.2 Å². The zero-order valence-electron chi connectivity index (χ0n) is 20.8. The molecule has 1 N–H and O–H groups in total. The van der Waals surface area contributed by atoms with Gasteiger partial charge in [0.15, 0.2) is 0 Å². The molecule has 0 atom stereocenters. The molecule has 1 aromatic rings. The molecule has 3 aliphatic rings. The lowest BCUT2D eigenvalue weighted by Crippen LogP contribution is -2.58. The predicted octanol–water partition coefficient (Wildman–Crippen LogP) is 3.34. The first-order valence-corrected chi connectivity index (χ1v) is 12.3. The van der Waals surface area contributed by atoms with Crippen LogP contribution < -0.4 is 4.90 Å². The Morgan fingerprint density at radius 2 is 1.61 bits per heavy atom. The van der Waals surface area contributed by atoms with Gasteiger partial charge in [-0.3, -0.25) is 14.6 Å². The van der Waals surface area contributed by atoms with Gasteiger partial charge < -0.3 is 19.6 Å². The molecule has 0 unspecified atom stereocenters. The van der Waals surface area contributed by atoms with E-state index in [2.05, 4.69) is 15.7 Å². The Hall–Kier alpha value is -2.74. The van der Waals surface area contributed by atoms with Crippen LogP contribution in [0.4, 0.5) is 36.8 Å². The fraction of sp³-hybridized carbons (Fsp3) is 0.667. The molecular formula is C24H30F6N4O4. The number of alkyl halides is 6. The minimum atomic E-state index is -5.75. The summed E-state index contributed by atoms with van der Waals surface area (Å²) >= 11 is 0. The SMILES string of the molecule is Cc1ccc(CN2CCN(C(=O)OC(C(F)(F)F)C(F)(F)F)CC2)c(N2CC3(CCN(CC(=O)O)C3)C2)c1. The summed E-state index contributed by atoms with van der Waals surface area (Å²) in [7, 11) is 0. The molecule has 38 heavy (non-hydrogen) atoms. The van der Waals surface area contributed by atoms with Crippen LogP contribution >= 0.6 is 0 Å². The Balaban J connectivity index is 1.33. The van der Waals surface area contributed by atoms with E-state index in [1.54, 1.807) is 0 Å². The number of hydrogen-bond acceptors (Lipinski definition) is 6. The first-order valence-electron chi connectivity index (χ1n) is 12.3. The number of ether oxygens (including phenoxy) is 1. The highest BCUT2D eigenvalue weighted by atomic mass is 19.4. The largest absolute Gasteiger partial charge is 0.480 e. The number of carbonyl (C=O) groups excluding carboxylic acids is 1. The molecule has 1 aromatic carbocycles. The van der Waals surface area contributed by atoms with Crippen LogP contribution in [0.5, 0.6) is 0 Å². The molecule has 3 fully saturated rings. The first-order chi connectivity index (χ1) is 17.6. The molecule has 3 aliphatic heterocycles. The average molecular weight is 553 g/mol. The summed E-state index contributed by atoms with van der Waals surface area (Å²) in [5.41, 5.74) is 3.20. The van der Waals surface area contributed by atoms with Gasteiger partial charge in [-0.1, -0.05) is 12.1 Å². The van der Waals surface area contributed by atoms with Crippen LogP contribution in [0.3, 0.4) is 0 Å². The summed E-state index contributed by atoms with van der Waals surface area (Å²) in [6, 6.07) is 6.05. The highest BCUT2D eigenvalue weighted by Crippen LogP contribution is 2.43. The van der Waals surface area contributed by atoms with Gasteiger partial charge in [-0.05, 0) is 37.1 Å². The quantitative estimate of drug-likeness (QED) is 0.543. The number of carboxylic acid groups (broad SMARTS) is 1. The third-order valence-corrected chi connectivity index (χ3v) is 7.35. The number of hydrogen-bond donors (Lipinski definition) is 1. The Morgan fingerprint density at radius 3 is 2.18 bits per heavy atom. The number of carbonyl (C=O) groups is 2. The van der Waals surface area contributed by atoms with Crippen molar-refractivity contribution in [2.45, 2.75) is 38.3 Å². The normalized spacial score (nSPS) is 20.7. The molecule has 0 aromatic heterocycles. The second-order valence-electron chi connectivity index (χ2n) is 10.5. The van der Waals surface area contributed by atoms with Gasteiger partial charge >= 0.3 is 24.4 Å². The van der Waals surface area contributed by atoms with Crippen LogP contribution in [0.1, 0.15) is 17.5 Å². The maximum atomic E-state index is 12.7. The fourth-order valence-electron chi connectivity index (χ4n) is 5.47. The standard InChI is InChI=1S/C24H30F6N4O4/c1-16-2-3-17(18(10-16)34-14-22(15-34)4-5-32(13-22)12-19(35)36)11-31-6-8-33(9-7-31)21(37)38-20(23(25,26)27)24(28,29)30/h2-3,10,20H,4-9,11-15H2,1H3,(H,35,36). The van der Waals surface area contributed by atoms with E-state index in [9.17, 15) is 35.9 Å². The van der Waals surface area contributed by atoms with Gasteiger partial charge in [-0.2, -0.15) is 26.3 Å². The summed E-state index contributed by atoms with van der Waals surface area (Å²) in [5.74, 6) is -0.840. The van der Waals surface area contributed by atoms with Gasteiger partial charge in [0.05, 0.1) is 6.54 Å². The van der Waals surface area contributed by atoms with Crippen molar-refractivity contribution < 1.29 is 45.8 Å². The number of piperazine rings is 1. The zero-order chi connectivity index (χ0) is 27.9. The van der Waals surface area contributed by atoms with Gasteiger partial charge in [-0.25, -0.2) is 4.79 Å². The molecule has 14 heteroatoms. The lowest BCUT2D eigenvalue weighted by molar-refractivity contribution is -0.308. The maximum Gasteiger partial charge on any atom is 0.434 e. The molecule has 212 valence electrons. The number of aryl methyl sites for hydroxylation is 1. The van der Waals surface area contributed by atoms with Crippen LogP contribution in [0, 0.1) is 12.3 Å². The van der Waals surface area contributed by atoms with Crippen LogP contribution in [-0.2, 0) is 16.1 Å². The summed E-state index contributed by atoms with van der Waals surface area (Å²) < 4.78 is 80.2. The Labute approximate surface area is 215 Å². The van der Waals surface area contributed by atoms with Crippen molar-refractivity contribution in [3.63, 3.8) is 0 Å². The van der Waals surface area contributed by atoms with E-state index in [1.807, 2.05) is 28.9 Å². The number of rotatable bonds is 6. The van der Waals surface area contributed by atoms with E-state index in [-0.39, 0.29) is 38.1 Å². The van der Waals surface area contributed by atoms with Gasteiger partial charge in [0.25, 0.3) is 6.10 Å². The van der Waals surface area contributed by atoms with Gasteiger partial charge in [0, 0.05) is 63.5 Å². The summed E-state index contributed by atoms with van der Waals surface area (Å²) in [6.07, 6.45) is -16.4. The Kier molecular flexibility index (Phi) is 7.77. The Bertz CT molecular complexity index is 1020. The minimum Gasteiger partial charge on any atom is -0.480 e. The number of carboxylic acids is 1. The van der Waals surface area contributed by atoms with Crippen molar-refractivity contribution in [3.05, 3.63) is 29.3 Å². The minimum absolute atomic E-state index is 0.0318. The van der Waals surface area contributed by atoms with Crippen molar-refractivity contribution in [2.24, 2.45) is 5.41 Å². The highest BCUT2D eigenvalue weighted by Gasteiger charge is 2.60. The van der Waals surface area contributed by atoms with Crippen molar-refractivity contribution in [3.8, 4) is 0 Å². The second kappa shape index (κ2) is 10.4. The van der Waals surface area contributed by atoms with Crippen molar-refractivity contribution in [1.29, 1.82) is 0 Å². The highest BCUT2D eigenvalue weighted by molar-refractivity contribution is 5.69. The fourth-order valence-corrected chi connectivity index (χ4v) is 5.47. The van der Waals surface area contributed by atoms with Crippen molar-refractivity contribution in [1.82, 2.24) is 14.7 Å². The number of halogens is 6. The van der Waals surface area contributed by atoms with E-state index < -0.39 is 30.5 Å². The maximum absolute atomic E-state index is 12.7. The Morgan fingerprint density at radius 1 is 0.974 bits per heavy atom. The van der Waals surface area contributed by atoms with Crippen LogP contribution in [0.25, 0.3) is 0 Å². The van der Waals surface area contributed by atoms with Gasteiger partial charge in [-0.15, -0.1) is 0 Å². The zero-order valence-corrected chi connectivity index (χ0v) is 20.8. The molecule has 0 saturated carbocycles. The number of anilines is 1. The molecule has 3 saturated heterocycles. The van der Waals surface area contributed by atoms with Crippen molar-refractivity contribution in [2.75, 3.05) is 63.8 Å². The number of aliphatic carboxylic acids is 1. The van der Waals surface area contributed by atoms with E-state index in [4.69, 9.17) is 5.11 Å². The third-order valence-electron chi connectivity index (χ3n) is 7.35. The lowest BCUT2D eigenvalue weighted by atomic mass is 9.78. The number of likely N-dealkylation sites (tertiary alicyclic amines) is 1. The number of amides is 1. The molecular weight excluding hydrogens is 522 g/mol. The van der Waals surface area contributed by atoms with E-state index in [1.165, 1.54) is 0 Å². The molecule has 4 rings (SSSR count). The number of nitrogens with zero attached hydrogens (tertiary/aromatic N) is 4. The van der Waals surface area contributed by atoms with Gasteiger partial charge in [0.2, 0.25) is 0 Å². The van der Waals surface area contributed by atoms with Crippen molar-refractivity contribution >= 4 is 17.7 Å². The lowest BCUT2D eigenvalue weighted by Gasteiger charge is -2.50. The monoisotopic (exact) mass is 552 g/mol. The number of benzene rings is 1. The van der Waals surface area contributed by atoms with Gasteiger partial charge in [0.1, 0.15) is 0 Å². The molecule has 0 bridgehead atoms. The predicted molar refractivity (Wildman–Crippen MR) is 124 cm³/mol. The van der Waals surface area contributed by atoms with E-state index in [0.29, 0.717) is 6.54 Å². The first kappa shape index (κ1) is 28.3. The smallest absolute Gasteiger partial charge is 0.434 e. The summed E-state index contributed by atoms with van der Waals surface area (Å²) in [5, 5.41) is 9.06. The van der Waals surface area contributed by atoms with E-state index >= 15 is 0 Å². The summed E-state index contributed by atoms with van der Waals surface area (Å²) in [4.78, 5) is 30.1. The van der Waals surface area contributed by atoms with Crippen LogP contribution in [-0.4, -0.2) is 109 Å². The molecule has 1 spiro atoms. The summed E-state index contributed by atoms with van der Waals surface area (Å²) in [6.45, 7) is 6.01. The third kappa shape index (κ3) is 6.45. The molecule has 0 aliphatic carbocycles. The molecule has 1 amide bonds. The molecule has 0 radical (unpaired) electrons. The molecule has 3 heterocycles. The van der Waals surface area contributed by atoms with Crippen LogP contribution in [0.2, 0.25) is 0 Å². The topological polar surface area (TPSA) is 76.6 Å². The second-order valence-corrected chi connectivity index (χ2v) is 10.5. The molecule has 8 nitrogen and oxygen atoms in total.